The number of aliphatic carboxylic acids is 1. The van der Waals surface area contributed by atoms with Crippen molar-refractivity contribution in [3.63, 3.8) is 0 Å². The van der Waals surface area contributed by atoms with Gasteiger partial charge in [0.05, 0.1) is 17.2 Å². The predicted octanol–water partition coefficient (Wildman–Crippen LogP) is 0.398. The Morgan fingerprint density at radius 2 is 1.68 bits per heavy atom. The molecule has 0 aromatic carbocycles. The number of carboxylic acid groups (broad SMARTS) is 1. The predicted molar refractivity (Wildman–Crippen MR) is 91.1 cm³/mol. The second kappa shape index (κ2) is 9.14. The molecule has 3 atom stereocenters. The molecule has 0 aliphatic heterocycles. The van der Waals surface area contributed by atoms with Crippen LogP contribution in [0.4, 0.5) is 0 Å². The van der Waals surface area contributed by atoms with Crippen molar-refractivity contribution < 1.29 is 32.5 Å². The Balaban J connectivity index is 5.07. The van der Waals surface area contributed by atoms with E-state index in [-0.39, 0.29) is 12.8 Å². The molecule has 2 amide bonds. The maximum atomic E-state index is 12.4. The summed E-state index contributed by atoms with van der Waals surface area (Å²) in [5.74, 6) is -5.09. The monoisotopic (exact) mass is 380 g/mol. The Hall–Kier alpha value is -1.68. The van der Waals surface area contributed by atoms with Crippen molar-refractivity contribution >= 4 is 27.9 Å². The highest BCUT2D eigenvalue weighted by Crippen LogP contribution is 2.23. The zero-order valence-corrected chi connectivity index (χ0v) is 15.8. The molecular weight excluding hydrogens is 352 g/mol. The van der Waals surface area contributed by atoms with Gasteiger partial charge in [-0.1, -0.05) is 13.8 Å². The summed E-state index contributed by atoms with van der Waals surface area (Å²) in [5, 5.41) is 11.5. The van der Waals surface area contributed by atoms with Gasteiger partial charge in [-0.15, -0.1) is 0 Å². The topological polar surface area (TPSA) is 164 Å². The van der Waals surface area contributed by atoms with Crippen LogP contribution in [0, 0.1) is 17.8 Å². The van der Waals surface area contributed by atoms with Crippen LogP contribution in [0.2, 0.25) is 0 Å². The van der Waals surface area contributed by atoms with Gasteiger partial charge in [-0.3, -0.25) is 18.9 Å². The Morgan fingerprint density at radius 1 is 1.16 bits per heavy atom. The van der Waals surface area contributed by atoms with E-state index in [9.17, 15) is 22.8 Å². The summed E-state index contributed by atoms with van der Waals surface area (Å²) in [5.41, 5.74) is 4.12. The van der Waals surface area contributed by atoms with Crippen LogP contribution in [0.15, 0.2) is 0 Å². The lowest BCUT2D eigenvalue weighted by molar-refractivity contribution is -0.142. The van der Waals surface area contributed by atoms with Crippen LogP contribution in [-0.4, -0.2) is 47.2 Å². The third-order valence-corrected chi connectivity index (χ3v) is 4.99. The normalized spacial score (nSPS) is 15.9. The van der Waals surface area contributed by atoms with Crippen molar-refractivity contribution in [3.05, 3.63) is 0 Å². The highest BCUT2D eigenvalue weighted by molar-refractivity contribution is 7.85. The molecular formula is C15H28N2O7S. The molecule has 10 heteroatoms. The molecule has 0 rings (SSSR count). The molecule has 0 aliphatic carbocycles. The quantitative estimate of drug-likeness (QED) is 0.377. The Bertz CT molecular complexity index is 601. The van der Waals surface area contributed by atoms with Crippen molar-refractivity contribution in [2.75, 3.05) is 5.75 Å². The first-order valence-electron chi connectivity index (χ1n) is 7.97. The SMILES string of the molecule is CCC(CC(CC(C)C(=O)O)C(N)=O)C(=O)NC(C)(C)CS(=O)(=O)O. The number of carboxylic acids is 1. The van der Waals surface area contributed by atoms with Crippen LogP contribution in [0.25, 0.3) is 0 Å². The second-order valence-electron chi connectivity index (χ2n) is 7.01. The van der Waals surface area contributed by atoms with E-state index in [1.54, 1.807) is 6.92 Å². The lowest BCUT2D eigenvalue weighted by Crippen LogP contribution is -2.50. The molecule has 0 aliphatic rings. The van der Waals surface area contributed by atoms with Gasteiger partial charge in [0.25, 0.3) is 10.1 Å². The number of hydrogen-bond acceptors (Lipinski definition) is 5. The van der Waals surface area contributed by atoms with E-state index < -0.39 is 56.9 Å². The minimum absolute atomic E-state index is 0.0167. The van der Waals surface area contributed by atoms with Gasteiger partial charge in [-0.25, -0.2) is 0 Å². The van der Waals surface area contributed by atoms with E-state index in [1.807, 2.05) is 0 Å². The number of amides is 2. The maximum Gasteiger partial charge on any atom is 0.306 e. The van der Waals surface area contributed by atoms with E-state index in [1.165, 1.54) is 20.8 Å². The van der Waals surface area contributed by atoms with Gasteiger partial charge in [0, 0.05) is 11.8 Å². The van der Waals surface area contributed by atoms with Crippen LogP contribution in [0.5, 0.6) is 0 Å². The number of rotatable bonds is 11. The van der Waals surface area contributed by atoms with Gasteiger partial charge >= 0.3 is 5.97 Å². The van der Waals surface area contributed by atoms with Gasteiger partial charge in [-0.05, 0) is 33.1 Å². The van der Waals surface area contributed by atoms with Crippen LogP contribution in [-0.2, 0) is 24.5 Å². The fraction of sp³-hybridized carbons (Fsp3) is 0.800. The van der Waals surface area contributed by atoms with E-state index in [0.29, 0.717) is 6.42 Å². The van der Waals surface area contributed by atoms with E-state index >= 15 is 0 Å². The molecule has 3 unspecified atom stereocenters. The summed E-state index contributed by atoms with van der Waals surface area (Å²) < 4.78 is 31.0. The van der Waals surface area contributed by atoms with Crippen LogP contribution >= 0.6 is 0 Å². The fourth-order valence-electron chi connectivity index (χ4n) is 2.59. The van der Waals surface area contributed by atoms with Crippen molar-refractivity contribution in [3.8, 4) is 0 Å². The van der Waals surface area contributed by atoms with Crippen molar-refractivity contribution in [1.29, 1.82) is 0 Å². The van der Waals surface area contributed by atoms with Crippen molar-refractivity contribution in [1.82, 2.24) is 5.32 Å². The molecule has 0 saturated carbocycles. The molecule has 0 fully saturated rings. The Morgan fingerprint density at radius 3 is 2.04 bits per heavy atom. The number of hydrogen-bond donors (Lipinski definition) is 4. The molecule has 0 aromatic heterocycles. The zero-order chi connectivity index (χ0) is 20.0. The molecule has 146 valence electrons. The second-order valence-corrected chi connectivity index (χ2v) is 8.47. The molecule has 25 heavy (non-hydrogen) atoms. The molecule has 0 heterocycles. The summed E-state index contributed by atoms with van der Waals surface area (Å²) >= 11 is 0. The lowest BCUT2D eigenvalue weighted by atomic mass is 9.85. The van der Waals surface area contributed by atoms with Crippen LogP contribution in [0.1, 0.15) is 47.0 Å². The fourth-order valence-corrected chi connectivity index (χ4v) is 3.57. The van der Waals surface area contributed by atoms with Crippen molar-refractivity contribution in [2.45, 2.75) is 52.5 Å². The molecule has 9 nitrogen and oxygen atoms in total. The molecule has 0 radical (unpaired) electrons. The summed E-state index contributed by atoms with van der Waals surface area (Å²) in [6.07, 6.45) is 0.444. The number of carbonyl (C=O) groups is 3. The Kier molecular flexibility index (Phi) is 8.52. The summed E-state index contributed by atoms with van der Waals surface area (Å²) in [6, 6.07) is 0. The first kappa shape index (κ1) is 23.3. The first-order valence-corrected chi connectivity index (χ1v) is 9.58. The van der Waals surface area contributed by atoms with Gasteiger partial charge in [-0.2, -0.15) is 8.42 Å². The zero-order valence-electron chi connectivity index (χ0n) is 15.0. The van der Waals surface area contributed by atoms with Gasteiger partial charge in [0.2, 0.25) is 11.8 Å². The third-order valence-electron chi connectivity index (χ3n) is 3.90. The van der Waals surface area contributed by atoms with E-state index in [2.05, 4.69) is 5.32 Å². The smallest absolute Gasteiger partial charge is 0.306 e. The number of nitrogens with two attached hydrogens (primary N) is 1. The number of primary amides is 1. The van der Waals surface area contributed by atoms with Crippen LogP contribution in [0.3, 0.4) is 0 Å². The number of carbonyl (C=O) groups excluding carboxylic acids is 2. The summed E-state index contributed by atoms with van der Waals surface area (Å²) in [6.45, 7) is 6.07. The van der Waals surface area contributed by atoms with Gasteiger partial charge < -0.3 is 16.2 Å². The van der Waals surface area contributed by atoms with E-state index in [4.69, 9.17) is 15.4 Å². The van der Waals surface area contributed by atoms with E-state index in [0.717, 1.165) is 0 Å². The maximum absolute atomic E-state index is 12.4. The largest absolute Gasteiger partial charge is 0.481 e. The minimum Gasteiger partial charge on any atom is -0.481 e. The lowest BCUT2D eigenvalue weighted by Gasteiger charge is -2.28. The summed E-state index contributed by atoms with van der Waals surface area (Å²) in [4.78, 5) is 34.9. The highest BCUT2D eigenvalue weighted by atomic mass is 32.2. The summed E-state index contributed by atoms with van der Waals surface area (Å²) in [7, 11) is -4.28. The van der Waals surface area contributed by atoms with Gasteiger partial charge in [0.1, 0.15) is 0 Å². The molecule has 0 bridgehead atoms. The van der Waals surface area contributed by atoms with Gasteiger partial charge in [0.15, 0.2) is 0 Å². The average molecular weight is 380 g/mol. The minimum atomic E-state index is -4.28. The van der Waals surface area contributed by atoms with Crippen molar-refractivity contribution in [2.24, 2.45) is 23.5 Å². The molecule has 0 aromatic rings. The average Bonchev–Trinajstić information content (AvgIpc) is 2.38. The highest BCUT2D eigenvalue weighted by Gasteiger charge is 2.32. The molecule has 0 spiro atoms. The Labute approximate surface area is 148 Å². The standard InChI is InChI=1S/C15H28N2O7S/c1-5-10(7-11(12(16)18)6-9(2)14(20)21)13(19)17-15(3,4)8-25(22,23)24/h9-11H,5-8H2,1-4H3,(H2,16,18)(H,17,19)(H,20,21)(H,22,23,24). The molecule has 0 saturated heterocycles. The number of nitrogens with one attached hydrogen (secondary N) is 1. The van der Waals surface area contributed by atoms with Crippen LogP contribution < -0.4 is 11.1 Å². The third kappa shape index (κ3) is 9.40. The molecule has 5 N–H and O–H groups in total. The first-order chi connectivity index (χ1) is 11.2.